The predicted molar refractivity (Wildman–Crippen MR) is 84.2 cm³/mol. The number of hydrogen-bond acceptors (Lipinski definition) is 5. The molecule has 4 rings (SSSR count). The number of anilines is 1. The molecule has 0 spiro atoms. The van der Waals surface area contributed by atoms with Crippen molar-refractivity contribution in [1.82, 2.24) is 14.8 Å². The van der Waals surface area contributed by atoms with Gasteiger partial charge in [0.1, 0.15) is 12.9 Å². The van der Waals surface area contributed by atoms with Crippen molar-refractivity contribution in [3.8, 4) is 5.69 Å². The van der Waals surface area contributed by atoms with E-state index in [0.29, 0.717) is 18.7 Å². The molecular weight excluding hydrogens is 292 g/mol. The van der Waals surface area contributed by atoms with Gasteiger partial charge in [0.2, 0.25) is 0 Å². The van der Waals surface area contributed by atoms with Gasteiger partial charge in [-0.2, -0.15) is 5.10 Å². The number of benzene rings is 2. The Labute approximate surface area is 132 Å². The number of carbonyl (C=O) groups is 1. The highest BCUT2D eigenvalue weighted by Crippen LogP contribution is 2.27. The van der Waals surface area contributed by atoms with Crippen LogP contribution in [0.15, 0.2) is 54.9 Å². The topological polar surface area (TPSA) is 69.0 Å². The van der Waals surface area contributed by atoms with E-state index in [9.17, 15) is 4.79 Å². The first kappa shape index (κ1) is 13.5. The summed E-state index contributed by atoms with van der Waals surface area (Å²) < 4.78 is 6.87. The third-order valence-corrected chi connectivity index (χ3v) is 3.80. The van der Waals surface area contributed by atoms with E-state index in [4.69, 9.17) is 4.74 Å². The molecule has 0 saturated carbocycles. The summed E-state index contributed by atoms with van der Waals surface area (Å²) in [6.07, 6.45) is 1.53. The summed E-state index contributed by atoms with van der Waals surface area (Å²) in [7, 11) is 0. The van der Waals surface area contributed by atoms with E-state index in [0.717, 1.165) is 22.8 Å². The molecule has 0 unspecified atom stereocenters. The lowest BCUT2D eigenvalue weighted by molar-refractivity contribution is 0.0535. The van der Waals surface area contributed by atoms with E-state index in [1.807, 2.05) is 42.5 Å². The summed E-state index contributed by atoms with van der Waals surface area (Å²) in [5.74, 6) is 0.523. The van der Waals surface area contributed by atoms with E-state index >= 15 is 0 Å². The zero-order chi connectivity index (χ0) is 15.6. The highest BCUT2D eigenvalue weighted by molar-refractivity contribution is 5.95. The van der Waals surface area contributed by atoms with Gasteiger partial charge in [-0.1, -0.05) is 24.3 Å². The third kappa shape index (κ3) is 2.44. The fourth-order valence-electron chi connectivity index (χ4n) is 2.66. The second-order valence-corrected chi connectivity index (χ2v) is 5.18. The van der Waals surface area contributed by atoms with Crippen LogP contribution in [0.2, 0.25) is 0 Å². The molecule has 0 bridgehead atoms. The third-order valence-electron chi connectivity index (χ3n) is 3.80. The SMILES string of the molecule is O=C1OCc2c(NCc3ncnn3-c3ccccc3)cccc21. The lowest BCUT2D eigenvalue weighted by atomic mass is 10.1. The Hall–Kier alpha value is -3.15. The maximum atomic E-state index is 11.6. The smallest absolute Gasteiger partial charge is 0.338 e. The van der Waals surface area contributed by atoms with Crippen molar-refractivity contribution in [2.45, 2.75) is 13.2 Å². The van der Waals surface area contributed by atoms with Gasteiger partial charge in [-0.25, -0.2) is 14.5 Å². The van der Waals surface area contributed by atoms with Gasteiger partial charge in [-0.3, -0.25) is 0 Å². The van der Waals surface area contributed by atoms with Crippen LogP contribution in [-0.2, 0) is 17.9 Å². The number of para-hydroxylation sites is 1. The number of fused-ring (bicyclic) bond motifs is 1. The second-order valence-electron chi connectivity index (χ2n) is 5.18. The number of aromatic nitrogens is 3. The molecule has 23 heavy (non-hydrogen) atoms. The standard InChI is InChI=1S/C17H14N4O2/c22-17-13-7-4-8-15(14(13)10-23-17)18-9-16-19-11-20-21(16)12-5-2-1-3-6-12/h1-8,11,18H,9-10H2. The molecule has 0 radical (unpaired) electrons. The predicted octanol–water partition coefficient (Wildman–Crippen LogP) is 2.55. The average Bonchev–Trinajstić information content (AvgIpc) is 3.21. The van der Waals surface area contributed by atoms with Crippen LogP contribution in [0.3, 0.4) is 0 Å². The van der Waals surface area contributed by atoms with Crippen LogP contribution >= 0.6 is 0 Å². The lowest BCUT2D eigenvalue weighted by Crippen LogP contribution is -2.09. The molecule has 0 saturated heterocycles. The van der Waals surface area contributed by atoms with Crippen molar-refractivity contribution in [2.24, 2.45) is 0 Å². The van der Waals surface area contributed by atoms with Crippen molar-refractivity contribution < 1.29 is 9.53 Å². The molecule has 114 valence electrons. The maximum Gasteiger partial charge on any atom is 0.338 e. The van der Waals surface area contributed by atoms with Gasteiger partial charge >= 0.3 is 5.97 Å². The maximum absolute atomic E-state index is 11.6. The Kier molecular flexibility index (Phi) is 3.27. The number of nitrogens with one attached hydrogen (secondary N) is 1. The molecule has 2 aromatic carbocycles. The molecule has 6 heteroatoms. The van der Waals surface area contributed by atoms with Gasteiger partial charge in [-0.05, 0) is 24.3 Å². The fourth-order valence-corrected chi connectivity index (χ4v) is 2.66. The summed E-state index contributed by atoms with van der Waals surface area (Å²) in [6.45, 7) is 0.808. The molecule has 1 aliphatic rings. The van der Waals surface area contributed by atoms with Crippen molar-refractivity contribution in [1.29, 1.82) is 0 Å². The molecule has 1 aliphatic heterocycles. The van der Waals surface area contributed by atoms with E-state index in [1.54, 1.807) is 10.7 Å². The van der Waals surface area contributed by atoms with E-state index in [-0.39, 0.29) is 5.97 Å². The molecular formula is C17H14N4O2. The highest BCUT2D eigenvalue weighted by Gasteiger charge is 2.23. The Morgan fingerprint density at radius 1 is 1.13 bits per heavy atom. The van der Waals surface area contributed by atoms with Crippen molar-refractivity contribution in [2.75, 3.05) is 5.32 Å². The highest BCUT2D eigenvalue weighted by atomic mass is 16.5. The molecule has 1 N–H and O–H groups in total. The van der Waals surface area contributed by atoms with Gasteiger partial charge in [0.05, 0.1) is 17.8 Å². The largest absolute Gasteiger partial charge is 0.457 e. The Balaban J connectivity index is 1.58. The zero-order valence-electron chi connectivity index (χ0n) is 12.3. The minimum Gasteiger partial charge on any atom is -0.457 e. The monoisotopic (exact) mass is 306 g/mol. The normalized spacial score (nSPS) is 12.8. The molecule has 3 aromatic rings. The molecule has 6 nitrogen and oxygen atoms in total. The average molecular weight is 306 g/mol. The van der Waals surface area contributed by atoms with E-state index in [1.165, 1.54) is 6.33 Å². The lowest BCUT2D eigenvalue weighted by Gasteiger charge is -2.10. The minimum absolute atomic E-state index is 0.267. The number of cyclic esters (lactones) is 1. The van der Waals surface area contributed by atoms with Crippen LogP contribution in [0.1, 0.15) is 21.7 Å². The van der Waals surface area contributed by atoms with Crippen LogP contribution in [0, 0.1) is 0 Å². The van der Waals surface area contributed by atoms with Crippen LogP contribution in [-0.4, -0.2) is 20.7 Å². The van der Waals surface area contributed by atoms with Gasteiger partial charge < -0.3 is 10.1 Å². The number of carbonyl (C=O) groups excluding carboxylic acids is 1. The van der Waals surface area contributed by atoms with Gasteiger partial charge in [0, 0.05) is 11.3 Å². The number of nitrogens with zero attached hydrogens (tertiary/aromatic N) is 3. The van der Waals surface area contributed by atoms with Crippen LogP contribution < -0.4 is 5.32 Å². The van der Waals surface area contributed by atoms with Crippen LogP contribution in [0.4, 0.5) is 5.69 Å². The summed E-state index contributed by atoms with van der Waals surface area (Å²) in [6, 6.07) is 15.4. The fraction of sp³-hybridized carbons (Fsp3) is 0.118. The van der Waals surface area contributed by atoms with E-state index in [2.05, 4.69) is 15.4 Å². The second kappa shape index (κ2) is 5.57. The van der Waals surface area contributed by atoms with Gasteiger partial charge in [0.15, 0.2) is 5.82 Å². The van der Waals surface area contributed by atoms with Crippen molar-refractivity contribution >= 4 is 11.7 Å². The number of rotatable bonds is 4. The molecule has 1 aromatic heterocycles. The Morgan fingerprint density at radius 2 is 2.00 bits per heavy atom. The number of esters is 1. The van der Waals surface area contributed by atoms with E-state index < -0.39 is 0 Å². The molecule has 2 heterocycles. The zero-order valence-corrected chi connectivity index (χ0v) is 12.3. The quantitative estimate of drug-likeness (QED) is 0.750. The summed E-state index contributed by atoms with van der Waals surface area (Å²) in [5, 5.41) is 7.59. The number of ether oxygens (including phenoxy) is 1. The summed E-state index contributed by atoms with van der Waals surface area (Å²) in [4.78, 5) is 15.9. The first-order valence-corrected chi connectivity index (χ1v) is 7.30. The first-order chi connectivity index (χ1) is 11.3. The summed E-state index contributed by atoms with van der Waals surface area (Å²) >= 11 is 0. The Morgan fingerprint density at radius 3 is 2.87 bits per heavy atom. The van der Waals surface area contributed by atoms with Crippen LogP contribution in [0.5, 0.6) is 0 Å². The van der Waals surface area contributed by atoms with Gasteiger partial charge in [-0.15, -0.1) is 0 Å². The molecule has 0 amide bonds. The van der Waals surface area contributed by atoms with Gasteiger partial charge in [0.25, 0.3) is 0 Å². The Bertz CT molecular complexity index is 858. The summed E-state index contributed by atoms with van der Waals surface area (Å²) in [5.41, 5.74) is 3.36. The van der Waals surface area contributed by atoms with Crippen molar-refractivity contribution in [3.05, 3.63) is 71.8 Å². The molecule has 0 aliphatic carbocycles. The minimum atomic E-state index is -0.267. The van der Waals surface area contributed by atoms with Crippen molar-refractivity contribution in [3.63, 3.8) is 0 Å². The number of hydrogen-bond donors (Lipinski definition) is 1. The van der Waals surface area contributed by atoms with Crippen LogP contribution in [0.25, 0.3) is 5.69 Å². The first-order valence-electron chi connectivity index (χ1n) is 7.30. The molecule has 0 atom stereocenters. The molecule has 0 fully saturated rings.